The fourth-order valence-electron chi connectivity index (χ4n) is 4.09. The highest BCUT2D eigenvalue weighted by molar-refractivity contribution is 5.88. The largest absolute Gasteiger partial charge is 0.416 e. The molecule has 1 fully saturated rings. The maximum Gasteiger partial charge on any atom is 0.416 e. The number of nitrogens with one attached hydrogen (secondary N) is 1. The Morgan fingerprint density at radius 1 is 1.10 bits per heavy atom. The molecule has 1 aliphatic rings. The van der Waals surface area contributed by atoms with Gasteiger partial charge in [0.1, 0.15) is 0 Å². The molecular formula is C23H27F3N2O2. The Hall–Kier alpha value is -2.38. The summed E-state index contributed by atoms with van der Waals surface area (Å²) in [5.41, 5.74) is 0.948. The van der Waals surface area contributed by atoms with Crippen molar-refractivity contribution < 1.29 is 23.1 Å². The molecule has 7 heteroatoms. The maximum atomic E-state index is 13.3. The van der Waals surface area contributed by atoms with Crippen LogP contribution in [0.2, 0.25) is 0 Å². The van der Waals surface area contributed by atoms with Crippen LogP contribution >= 0.6 is 0 Å². The Bertz CT molecular complexity index is 857. The lowest BCUT2D eigenvalue weighted by Crippen LogP contribution is -2.43. The maximum absolute atomic E-state index is 13.3. The highest BCUT2D eigenvalue weighted by Crippen LogP contribution is 2.39. The molecule has 2 N–H and O–H groups in total. The van der Waals surface area contributed by atoms with E-state index in [-0.39, 0.29) is 24.5 Å². The fraction of sp³-hybridized carbons (Fsp3) is 0.435. The Morgan fingerprint density at radius 2 is 1.73 bits per heavy atom. The lowest BCUT2D eigenvalue weighted by atomic mass is 9.73. The zero-order chi connectivity index (χ0) is 21.8. The average molecular weight is 420 g/mol. The normalized spacial score (nSPS) is 17.0. The van der Waals surface area contributed by atoms with Gasteiger partial charge in [0.15, 0.2) is 0 Å². The molecule has 2 aromatic rings. The first kappa shape index (κ1) is 22.3. The number of rotatable bonds is 6. The van der Waals surface area contributed by atoms with Crippen molar-refractivity contribution in [1.82, 2.24) is 4.90 Å². The van der Waals surface area contributed by atoms with Gasteiger partial charge in [-0.15, -0.1) is 0 Å². The summed E-state index contributed by atoms with van der Waals surface area (Å²) in [6, 6.07) is 13.3. The second kappa shape index (κ2) is 9.18. The summed E-state index contributed by atoms with van der Waals surface area (Å²) in [7, 11) is 0. The summed E-state index contributed by atoms with van der Waals surface area (Å²) in [6.07, 6.45) is -2.89. The number of piperidine rings is 1. The number of benzene rings is 2. The van der Waals surface area contributed by atoms with Gasteiger partial charge >= 0.3 is 6.18 Å². The van der Waals surface area contributed by atoms with Gasteiger partial charge in [-0.1, -0.05) is 30.3 Å². The van der Waals surface area contributed by atoms with Gasteiger partial charge in [-0.05, 0) is 67.1 Å². The summed E-state index contributed by atoms with van der Waals surface area (Å²) >= 11 is 0. The number of halogens is 3. The van der Waals surface area contributed by atoms with Crippen molar-refractivity contribution in [2.45, 2.75) is 38.9 Å². The standard InChI is InChI=1S/C23H27F3N2O2/c1-17(30)27-20-8-6-18(7-9-20)15-28-12-10-22(16-29,11-13-28)14-19-4-2-3-5-21(19)23(24,25)26/h2-9,29H,10-16H2,1H3,(H,27,30). The van der Waals surface area contributed by atoms with Crippen molar-refractivity contribution in [2.75, 3.05) is 25.0 Å². The molecule has 0 atom stereocenters. The lowest BCUT2D eigenvalue weighted by Gasteiger charge is -2.41. The van der Waals surface area contributed by atoms with Crippen LogP contribution in [-0.4, -0.2) is 35.6 Å². The van der Waals surface area contributed by atoms with Crippen molar-refractivity contribution in [3.63, 3.8) is 0 Å². The SMILES string of the molecule is CC(=O)Nc1ccc(CN2CCC(CO)(Cc3ccccc3C(F)(F)F)CC2)cc1. The molecule has 0 bridgehead atoms. The first-order valence-corrected chi connectivity index (χ1v) is 10.1. The molecular weight excluding hydrogens is 393 g/mol. The van der Waals surface area contributed by atoms with Crippen LogP contribution in [0, 0.1) is 5.41 Å². The summed E-state index contributed by atoms with van der Waals surface area (Å²) in [6.45, 7) is 3.48. The van der Waals surface area contributed by atoms with Crippen LogP contribution in [0.1, 0.15) is 36.5 Å². The van der Waals surface area contributed by atoms with Crippen LogP contribution in [-0.2, 0) is 23.9 Å². The van der Waals surface area contributed by atoms with Crippen LogP contribution in [0.4, 0.5) is 18.9 Å². The van der Waals surface area contributed by atoms with Crippen molar-refractivity contribution in [2.24, 2.45) is 5.41 Å². The molecule has 162 valence electrons. The van der Waals surface area contributed by atoms with E-state index in [1.54, 1.807) is 6.07 Å². The number of aliphatic hydroxyl groups is 1. The third-order valence-corrected chi connectivity index (χ3v) is 5.82. The van der Waals surface area contributed by atoms with Crippen LogP contribution in [0.3, 0.4) is 0 Å². The minimum absolute atomic E-state index is 0.119. The van der Waals surface area contributed by atoms with E-state index < -0.39 is 17.2 Å². The van der Waals surface area contributed by atoms with E-state index in [1.165, 1.54) is 19.1 Å². The van der Waals surface area contributed by atoms with E-state index in [1.807, 2.05) is 24.3 Å². The van der Waals surface area contributed by atoms with Gasteiger partial charge in [0.25, 0.3) is 0 Å². The molecule has 1 saturated heterocycles. The molecule has 30 heavy (non-hydrogen) atoms. The number of carbonyl (C=O) groups is 1. The fourth-order valence-corrected chi connectivity index (χ4v) is 4.09. The number of amides is 1. The zero-order valence-electron chi connectivity index (χ0n) is 17.0. The summed E-state index contributed by atoms with van der Waals surface area (Å²) in [5.74, 6) is -0.119. The van der Waals surface area contributed by atoms with Crippen molar-refractivity contribution >= 4 is 11.6 Å². The summed E-state index contributed by atoms with van der Waals surface area (Å²) in [5, 5.41) is 12.8. The smallest absolute Gasteiger partial charge is 0.396 e. The van der Waals surface area contributed by atoms with Gasteiger partial charge in [-0.3, -0.25) is 9.69 Å². The third kappa shape index (κ3) is 5.61. The highest BCUT2D eigenvalue weighted by atomic mass is 19.4. The molecule has 0 unspecified atom stereocenters. The number of alkyl halides is 3. The third-order valence-electron chi connectivity index (χ3n) is 5.82. The molecule has 1 heterocycles. The second-order valence-corrected chi connectivity index (χ2v) is 8.14. The Morgan fingerprint density at radius 3 is 2.30 bits per heavy atom. The van der Waals surface area contributed by atoms with E-state index >= 15 is 0 Å². The quantitative estimate of drug-likeness (QED) is 0.725. The Kier molecular flexibility index (Phi) is 6.83. The predicted molar refractivity (Wildman–Crippen MR) is 110 cm³/mol. The van der Waals surface area contributed by atoms with Crippen molar-refractivity contribution in [1.29, 1.82) is 0 Å². The molecule has 0 radical (unpaired) electrons. The van der Waals surface area contributed by atoms with Gasteiger partial charge in [-0.2, -0.15) is 13.2 Å². The number of aliphatic hydroxyl groups excluding tert-OH is 1. The van der Waals surface area contributed by atoms with E-state index in [2.05, 4.69) is 10.2 Å². The van der Waals surface area contributed by atoms with Crippen LogP contribution < -0.4 is 5.32 Å². The van der Waals surface area contributed by atoms with E-state index in [0.29, 0.717) is 25.9 Å². The lowest BCUT2D eigenvalue weighted by molar-refractivity contribution is -0.138. The zero-order valence-corrected chi connectivity index (χ0v) is 17.0. The topological polar surface area (TPSA) is 52.6 Å². The minimum atomic E-state index is -4.39. The number of hydrogen-bond donors (Lipinski definition) is 2. The molecule has 1 amide bonds. The first-order chi connectivity index (χ1) is 14.2. The van der Waals surface area contributed by atoms with Crippen LogP contribution in [0.15, 0.2) is 48.5 Å². The molecule has 1 aliphatic heterocycles. The molecule has 0 aromatic heterocycles. The number of likely N-dealkylation sites (tertiary alicyclic amines) is 1. The van der Waals surface area contributed by atoms with Crippen LogP contribution in [0.25, 0.3) is 0 Å². The van der Waals surface area contributed by atoms with E-state index in [0.717, 1.165) is 23.9 Å². The molecule has 2 aromatic carbocycles. The van der Waals surface area contributed by atoms with Gasteiger partial charge in [-0.25, -0.2) is 0 Å². The monoisotopic (exact) mass is 420 g/mol. The first-order valence-electron chi connectivity index (χ1n) is 10.1. The molecule has 0 aliphatic carbocycles. The summed E-state index contributed by atoms with van der Waals surface area (Å²) in [4.78, 5) is 13.4. The second-order valence-electron chi connectivity index (χ2n) is 8.14. The van der Waals surface area contributed by atoms with Gasteiger partial charge in [0.2, 0.25) is 5.91 Å². The number of hydrogen-bond acceptors (Lipinski definition) is 3. The van der Waals surface area contributed by atoms with Crippen LogP contribution in [0.5, 0.6) is 0 Å². The predicted octanol–water partition coefficient (Wildman–Crippen LogP) is 4.48. The molecule has 3 rings (SSSR count). The molecule has 0 saturated carbocycles. The number of carbonyl (C=O) groups excluding carboxylic acids is 1. The van der Waals surface area contributed by atoms with E-state index in [9.17, 15) is 23.1 Å². The highest BCUT2D eigenvalue weighted by Gasteiger charge is 2.38. The number of nitrogens with zero attached hydrogens (tertiary/aromatic N) is 1. The number of anilines is 1. The minimum Gasteiger partial charge on any atom is -0.396 e. The average Bonchev–Trinajstić information content (AvgIpc) is 2.70. The Labute approximate surface area is 174 Å². The summed E-state index contributed by atoms with van der Waals surface area (Å²) < 4.78 is 40.0. The Balaban J connectivity index is 1.62. The van der Waals surface area contributed by atoms with Gasteiger partial charge in [0.05, 0.1) is 5.56 Å². The van der Waals surface area contributed by atoms with Crippen molar-refractivity contribution in [3.05, 3.63) is 65.2 Å². The van der Waals surface area contributed by atoms with Gasteiger partial charge < -0.3 is 10.4 Å². The van der Waals surface area contributed by atoms with E-state index in [4.69, 9.17) is 0 Å². The van der Waals surface area contributed by atoms with Gasteiger partial charge in [0, 0.05) is 25.8 Å². The molecule has 0 spiro atoms. The van der Waals surface area contributed by atoms with Crippen molar-refractivity contribution in [3.8, 4) is 0 Å². The molecule has 4 nitrogen and oxygen atoms in total.